The Morgan fingerprint density at radius 2 is 1.80 bits per heavy atom. The predicted molar refractivity (Wildman–Crippen MR) is 88.5 cm³/mol. The SMILES string of the molecule is Nc1nc2cc(Br)c(F)cc2n1-c1ccc(Br)cc1Br. The number of nitrogens with two attached hydrogens (primary N) is 1. The van der Waals surface area contributed by atoms with Gasteiger partial charge in [0.05, 0.1) is 21.2 Å². The molecular formula is C13H7Br3FN3. The van der Waals surface area contributed by atoms with Gasteiger partial charge in [-0.3, -0.25) is 4.57 Å². The summed E-state index contributed by atoms with van der Waals surface area (Å²) in [5.41, 5.74) is 8.02. The second kappa shape index (κ2) is 5.13. The van der Waals surface area contributed by atoms with Gasteiger partial charge in [0.25, 0.3) is 0 Å². The summed E-state index contributed by atoms with van der Waals surface area (Å²) in [5, 5.41) is 0. The number of benzene rings is 2. The molecule has 0 aliphatic heterocycles. The van der Waals surface area contributed by atoms with Crippen molar-refractivity contribution in [3.05, 3.63) is 49.6 Å². The van der Waals surface area contributed by atoms with E-state index in [0.29, 0.717) is 21.5 Å². The van der Waals surface area contributed by atoms with Gasteiger partial charge >= 0.3 is 0 Å². The van der Waals surface area contributed by atoms with E-state index in [-0.39, 0.29) is 5.82 Å². The zero-order chi connectivity index (χ0) is 14.4. The number of imidazole rings is 1. The number of nitrogen functional groups attached to an aromatic ring is 1. The van der Waals surface area contributed by atoms with Gasteiger partial charge in [0, 0.05) is 15.0 Å². The summed E-state index contributed by atoms with van der Waals surface area (Å²) in [4.78, 5) is 4.27. The maximum atomic E-state index is 13.8. The Bertz CT molecular complexity index is 829. The standard InChI is InChI=1S/C13H7Br3FN3/c14-6-1-2-11(8(16)3-6)20-12-5-9(17)7(15)4-10(12)19-13(20)18/h1-5H,(H2,18,19). The Morgan fingerprint density at radius 3 is 2.50 bits per heavy atom. The van der Waals surface area contributed by atoms with Crippen LogP contribution in [0.5, 0.6) is 0 Å². The lowest BCUT2D eigenvalue weighted by Crippen LogP contribution is -2.01. The lowest BCUT2D eigenvalue weighted by molar-refractivity contribution is 0.622. The highest BCUT2D eigenvalue weighted by Crippen LogP contribution is 2.32. The third kappa shape index (κ3) is 2.27. The minimum absolute atomic E-state index is 0.306. The fraction of sp³-hybridized carbons (Fsp3) is 0. The monoisotopic (exact) mass is 461 g/mol. The van der Waals surface area contributed by atoms with Crippen molar-refractivity contribution in [3.63, 3.8) is 0 Å². The Labute approximate surface area is 139 Å². The van der Waals surface area contributed by atoms with Crippen molar-refractivity contribution in [2.24, 2.45) is 0 Å². The molecule has 0 spiro atoms. The zero-order valence-corrected chi connectivity index (χ0v) is 14.6. The molecule has 2 aromatic carbocycles. The Balaban J connectivity index is 2.35. The number of fused-ring (bicyclic) bond motifs is 1. The van der Waals surface area contributed by atoms with Crippen molar-refractivity contribution < 1.29 is 4.39 Å². The highest BCUT2D eigenvalue weighted by atomic mass is 79.9. The molecule has 0 bridgehead atoms. The Kier molecular flexibility index (Phi) is 3.60. The van der Waals surface area contributed by atoms with E-state index in [2.05, 4.69) is 52.8 Å². The van der Waals surface area contributed by atoms with Crippen LogP contribution in [0, 0.1) is 5.82 Å². The van der Waals surface area contributed by atoms with Gasteiger partial charge in [0.15, 0.2) is 0 Å². The van der Waals surface area contributed by atoms with Gasteiger partial charge in [-0.25, -0.2) is 9.37 Å². The topological polar surface area (TPSA) is 43.8 Å². The van der Waals surface area contributed by atoms with E-state index >= 15 is 0 Å². The summed E-state index contributed by atoms with van der Waals surface area (Å²) in [6, 6.07) is 8.70. The fourth-order valence-electron chi connectivity index (χ4n) is 2.01. The second-order valence-electron chi connectivity index (χ2n) is 4.16. The van der Waals surface area contributed by atoms with E-state index < -0.39 is 0 Å². The number of hydrogen-bond acceptors (Lipinski definition) is 2. The highest BCUT2D eigenvalue weighted by Gasteiger charge is 2.15. The fourth-order valence-corrected chi connectivity index (χ4v) is 3.56. The van der Waals surface area contributed by atoms with Crippen LogP contribution in [-0.4, -0.2) is 9.55 Å². The van der Waals surface area contributed by atoms with E-state index in [0.717, 1.165) is 14.6 Å². The van der Waals surface area contributed by atoms with E-state index in [1.54, 1.807) is 10.6 Å². The van der Waals surface area contributed by atoms with Crippen LogP contribution in [0.2, 0.25) is 0 Å². The third-order valence-corrected chi connectivity index (χ3v) is 4.61. The van der Waals surface area contributed by atoms with E-state index in [1.165, 1.54) is 6.07 Å². The van der Waals surface area contributed by atoms with Crippen molar-refractivity contribution >= 4 is 64.8 Å². The van der Waals surface area contributed by atoms with Gasteiger partial charge < -0.3 is 5.73 Å². The van der Waals surface area contributed by atoms with Crippen LogP contribution in [0.15, 0.2) is 43.7 Å². The summed E-state index contributed by atoms with van der Waals surface area (Å²) in [6.45, 7) is 0. The van der Waals surface area contributed by atoms with Gasteiger partial charge in [-0.1, -0.05) is 15.9 Å². The number of nitrogens with zero attached hydrogens (tertiary/aromatic N) is 2. The molecule has 1 heterocycles. The molecule has 0 saturated heterocycles. The van der Waals surface area contributed by atoms with Crippen molar-refractivity contribution in [1.82, 2.24) is 9.55 Å². The molecule has 0 radical (unpaired) electrons. The molecule has 0 fully saturated rings. The molecule has 1 aromatic heterocycles. The molecule has 20 heavy (non-hydrogen) atoms. The number of hydrogen-bond donors (Lipinski definition) is 1. The molecule has 0 aliphatic rings. The number of halogens is 4. The molecule has 0 unspecified atom stereocenters. The first-order valence-electron chi connectivity index (χ1n) is 5.56. The van der Waals surface area contributed by atoms with Gasteiger partial charge in [-0.15, -0.1) is 0 Å². The summed E-state index contributed by atoms with van der Waals surface area (Å²) < 4.78 is 17.6. The van der Waals surface area contributed by atoms with Crippen molar-refractivity contribution in [2.75, 3.05) is 5.73 Å². The van der Waals surface area contributed by atoms with Gasteiger partial charge in [-0.05, 0) is 56.1 Å². The van der Waals surface area contributed by atoms with Crippen molar-refractivity contribution in [2.45, 2.75) is 0 Å². The maximum Gasteiger partial charge on any atom is 0.205 e. The lowest BCUT2D eigenvalue weighted by atomic mass is 10.2. The minimum Gasteiger partial charge on any atom is -0.369 e. The highest BCUT2D eigenvalue weighted by molar-refractivity contribution is 9.11. The molecule has 0 aliphatic carbocycles. The molecule has 2 N–H and O–H groups in total. The average Bonchev–Trinajstić information content (AvgIpc) is 2.66. The smallest absolute Gasteiger partial charge is 0.205 e. The molecule has 0 saturated carbocycles. The first-order chi connectivity index (χ1) is 9.47. The Hall–Kier alpha value is -0.920. The zero-order valence-electron chi connectivity index (χ0n) is 9.87. The molecule has 3 nitrogen and oxygen atoms in total. The van der Waals surface area contributed by atoms with Crippen LogP contribution < -0.4 is 5.73 Å². The van der Waals surface area contributed by atoms with E-state index in [4.69, 9.17) is 5.73 Å². The first-order valence-corrected chi connectivity index (χ1v) is 7.93. The Morgan fingerprint density at radius 1 is 1.05 bits per heavy atom. The van der Waals surface area contributed by atoms with Gasteiger partial charge in [0.1, 0.15) is 5.82 Å². The van der Waals surface area contributed by atoms with Crippen LogP contribution in [-0.2, 0) is 0 Å². The molecule has 3 aromatic rings. The van der Waals surface area contributed by atoms with E-state index in [1.807, 2.05) is 18.2 Å². The number of aromatic nitrogens is 2. The number of anilines is 1. The van der Waals surface area contributed by atoms with Crippen LogP contribution in [0.25, 0.3) is 16.7 Å². The van der Waals surface area contributed by atoms with Gasteiger partial charge in [0.2, 0.25) is 5.95 Å². The van der Waals surface area contributed by atoms with Crippen LogP contribution >= 0.6 is 47.8 Å². The van der Waals surface area contributed by atoms with Crippen LogP contribution in [0.1, 0.15) is 0 Å². The average molecular weight is 464 g/mol. The molecule has 7 heteroatoms. The first kappa shape index (κ1) is 14.0. The summed E-state index contributed by atoms with van der Waals surface area (Å²) >= 11 is 10.0. The van der Waals surface area contributed by atoms with Crippen molar-refractivity contribution in [3.8, 4) is 5.69 Å². The normalized spacial score (nSPS) is 11.2. The van der Waals surface area contributed by atoms with Crippen molar-refractivity contribution in [1.29, 1.82) is 0 Å². The quantitative estimate of drug-likeness (QED) is 0.550. The third-order valence-electron chi connectivity index (χ3n) is 2.87. The summed E-state index contributed by atoms with van der Waals surface area (Å²) in [7, 11) is 0. The lowest BCUT2D eigenvalue weighted by Gasteiger charge is -2.09. The van der Waals surface area contributed by atoms with E-state index in [9.17, 15) is 4.39 Å². The maximum absolute atomic E-state index is 13.8. The molecule has 3 rings (SSSR count). The largest absolute Gasteiger partial charge is 0.369 e. The number of rotatable bonds is 1. The second-order valence-corrected chi connectivity index (χ2v) is 6.78. The predicted octanol–water partition coefficient (Wildman–Crippen LogP) is 5.03. The molecular weight excluding hydrogens is 457 g/mol. The summed E-state index contributed by atoms with van der Waals surface area (Å²) in [5.74, 6) is -0.0487. The van der Waals surface area contributed by atoms with Crippen LogP contribution in [0.3, 0.4) is 0 Å². The molecule has 102 valence electrons. The molecule has 0 amide bonds. The van der Waals surface area contributed by atoms with Crippen LogP contribution in [0.4, 0.5) is 10.3 Å². The minimum atomic E-state index is -0.355. The van der Waals surface area contributed by atoms with Gasteiger partial charge in [-0.2, -0.15) is 0 Å². The summed E-state index contributed by atoms with van der Waals surface area (Å²) in [6.07, 6.45) is 0. The molecule has 0 atom stereocenters.